The Morgan fingerprint density at radius 2 is 0.950 bits per heavy atom. The molecule has 12 nitrogen and oxygen atoms in total. The lowest BCUT2D eigenvalue weighted by Gasteiger charge is -2.46. The third-order valence-electron chi connectivity index (χ3n) is 9.69. The van der Waals surface area contributed by atoms with Gasteiger partial charge in [0.05, 0.1) is 66.1 Å². The zero-order chi connectivity index (χ0) is 41.7. The zero-order valence-electron chi connectivity index (χ0n) is 34.0. The summed E-state index contributed by atoms with van der Waals surface area (Å²) in [4.78, 5) is 0. The number of ether oxygens (including phenoxy) is 7. The quantitative estimate of drug-likeness (QED) is 0.0424. The van der Waals surface area contributed by atoms with Crippen LogP contribution in [0.2, 0.25) is 0 Å². The van der Waals surface area contributed by atoms with Crippen LogP contribution < -0.4 is 5.73 Å². The summed E-state index contributed by atoms with van der Waals surface area (Å²) < 4.78 is 76.1. The highest BCUT2D eigenvalue weighted by atomic mass is 31.2. The smallest absolute Gasteiger partial charge is 0.378 e. The highest BCUT2D eigenvalue weighted by Gasteiger charge is 2.50. The van der Waals surface area contributed by atoms with Crippen LogP contribution in [0.4, 0.5) is 0 Å². The van der Waals surface area contributed by atoms with E-state index in [9.17, 15) is 4.57 Å². The highest BCUT2D eigenvalue weighted by molar-refractivity contribution is 7.48. The normalized spacial score (nSPS) is 20.1. The maximum Gasteiger partial charge on any atom is 0.475 e. The standard InChI is InChI=1S/C47H56NO11P/c1-50-60(49,57-35-40-22-12-5-13-23-40)58-36-41-24-14-15-25-42(41)43-44(54-32-37-16-6-2-7-17-37)45(55-33-38-18-8-3-9-19-38)46(56-34-39-20-10-4-11-21-39)47(59-43)53-31-30-52-29-28-51-27-26-48/h2-25,43-47H,26-36,48H2,1H3/t43-,44-,45+,46+,47?,60?/m1/s1. The predicted octanol–water partition coefficient (Wildman–Crippen LogP) is 8.34. The minimum atomic E-state index is -3.98. The number of phosphoric acid groups is 1. The molecule has 6 rings (SSSR count). The second-order valence-electron chi connectivity index (χ2n) is 14.0. The molecule has 0 aromatic heterocycles. The second kappa shape index (κ2) is 25.0. The van der Waals surface area contributed by atoms with Crippen molar-refractivity contribution in [2.24, 2.45) is 5.73 Å². The lowest BCUT2D eigenvalue weighted by atomic mass is 9.90. The number of rotatable bonds is 26. The molecule has 2 N–H and O–H groups in total. The molecule has 0 bridgehead atoms. The molecule has 0 saturated carbocycles. The first-order chi connectivity index (χ1) is 29.5. The van der Waals surface area contributed by atoms with Gasteiger partial charge < -0.3 is 38.9 Å². The van der Waals surface area contributed by atoms with Crippen LogP contribution in [0.1, 0.15) is 39.5 Å². The van der Waals surface area contributed by atoms with E-state index in [2.05, 4.69) is 0 Å². The van der Waals surface area contributed by atoms with Crippen molar-refractivity contribution in [3.8, 4) is 0 Å². The number of benzene rings is 5. The molecular weight excluding hydrogens is 785 g/mol. The van der Waals surface area contributed by atoms with Gasteiger partial charge in [0, 0.05) is 13.7 Å². The van der Waals surface area contributed by atoms with E-state index in [0.29, 0.717) is 31.9 Å². The summed E-state index contributed by atoms with van der Waals surface area (Å²) in [7, 11) is -2.67. The Bertz CT molecular complexity index is 1960. The molecule has 6 atom stereocenters. The molecule has 1 saturated heterocycles. The van der Waals surface area contributed by atoms with Crippen molar-refractivity contribution in [2.75, 3.05) is 46.7 Å². The van der Waals surface area contributed by atoms with Crippen LogP contribution in [0.5, 0.6) is 0 Å². The van der Waals surface area contributed by atoms with Crippen LogP contribution in [0.3, 0.4) is 0 Å². The summed E-state index contributed by atoms with van der Waals surface area (Å²) >= 11 is 0. The number of hydrogen-bond donors (Lipinski definition) is 1. The van der Waals surface area contributed by atoms with Crippen molar-refractivity contribution in [3.05, 3.63) is 179 Å². The van der Waals surface area contributed by atoms with Crippen LogP contribution in [0, 0.1) is 0 Å². The van der Waals surface area contributed by atoms with Crippen molar-refractivity contribution in [1.29, 1.82) is 0 Å². The van der Waals surface area contributed by atoms with E-state index in [1.807, 2.05) is 146 Å². The Kier molecular flexibility index (Phi) is 18.9. The average Bonchev–Trinajstić information content (AvgIpc) is 3.30. The van der Waals surface area contributed by atoms with Crippen LogP contribution in [0.15, 0.2) is 146 Å². The number of hydrogen-bond acceptors (Lipinski definition) is 12. The second-order valence-corrected chi connectivity index (χ2v) is 15.7. The van der Waals surface area contributed by atoms with Gasteiger partial charge in [0.2, 0.25) is 0 Å². The van der Waals surface area contributed by atoms with Crippen LogP contribution in [0.25, 0.3) is 0 Å². The minimum Gasteiger partial charge on any atom is -0.378 e. The van der Waals surface area contributed by atoms with Crippen LogP contribution in [-0.4, -0.2) is 71.3 Å². The first-order valence-corrected chi connectivity index (χ1v) is 21.7. The summed E-state index contributed by atoms with van der Waals surface area (Å²) in [5.74, 6) is 0. The van der Waals surface area contributed by atoms with Gasteiger partial charge in [-0.1, -0.05) is 146 Å². The van der Waals surface area contributed by atoms with Crippen molar-refractivity contribution < 1.29 is 51.3 Å². The number of phosphoric ester groups is 1. The Labute approximate surface area is 353 Å². The zero-order valence-corrected chi connectivity index (χ0v) is 34.9. The lowest BCUT2D eigenvalue weighted by Crippen LogP contribution is -2.58. The molecule has 1 aliphatic rings. The Hall–Kier alpha value is -4.11. The van der Waals surface area contributed by atoms with Gasteiger partial charge in [-0.15, -0.1) is 0 Å². The van der Waals surface area contributed by atoms with Gasteiger partial charge in [-0.25, -0.2) is 4.57 Å². The molecule has 5 aromatic carbocycles. The van der Waals surface area contributed by atoms with E-state index in [0.717, 1.165) is 27.8 Å². The molecule has 60 heavy (non-hydrogen) atoms. The molecular formula is C47H56NO11P. The van der Waals surface area contributed by atoms with E-state index >= 15 is 0 Å². The van der Waals surface area contributed by atoms with Crippen molar-refractivity contribution >= 4 is 7.82 Å². The van der Waals surface area contributed by atoms with Gasteiger partial charge in [-0.3, -0.25) is 13.6 Å². The Morgan fingerprint density at radius 3 is 1.50 bits per heavy atom. The molecule has 0 spiro atoms. The molecule has 1 heterocycles. The van der Waals surface area contributed by atoms with Gasteiger partial charge in [0.15, 0.2) is 6.29 Å². The molecule has 13 heteroatoms. The molecule has 5 aromatic rings. The van der Waals surface area contributed by atoms with Crippen LogP contribution in [-0.2, 0) is 84.3 Å². The fourth-order valence-electron chi connectivity index (χ4n) is 6.63. The lowest BCUT2D eigenvalue weighted by molar-refractivity contribution is -0.327. The minimum absolute atomic E-state index is 0.0446. The number of nitrogens with two attached hydrogens (primary N) is 1. The molecule has 1 fully saturated rings. The molecule has 0 radical (unpaired) electrons. The predicted molar refractivity (Wildman–Crippen MR) is 226 cm³/mol. The molecule has 0 aliphatic carbocycles. The monoisotopic (exact) mass is 841 g/mol. The summed E-state index contributed by atoms with van der Waals surface area (Å²) in [6.45, 7) is 2.93. The summed E-state index contributed by atoms with van der Waals surface area (Å²) in [5, 5.41) is 0. The molecule has 1 aliphatic heterocycles. The van der Waals surface area contributed by atoms with E-state index in [1.54, 1.807) is 0 Å². The fourth-order valence-corrected chi connectivity index (χ4v) is 7.52. The van der Waals surface area contributed by atoms with E-state index in [4.69, 9.17) is 52.5 Å². The van der Waals surface area contributed by atoms with E-state index in [1.165, 1.54) is 7.11 Å². The van der Waals surface area contributed by atoms with Crippen molar-refractivity contribution in [2.45, 2.75) is 63.7 Å². The van der Waals surface area contributed by atoms with Gasteiger partial charge in [0.25, 0.3) is 0 Å². The SMILES string of the molecule is COP(=O)(OCc1ccccc1)OCc1ccccc1[C@H]1OC(OCCOCCOCCN)[C@@H](OCc2ccccc2)[C@@H](OCc2ccccc2)[C@@H]1OCc1ccccc1. The largest absolute Gasteiger partial charge is 0.475 e. The first-order valence-electron chi connectivity index (χ1n) is 20.2. The maximum absolute atomic E-state index is 13.7. The molecule has 320 valence electrons. The van der Waals surface area contributed by atoms with Crippen molar-refractivity contribution in [3.63, 3.8) is 0 Å². The highest BCUT2D eigenvalue weighted by Crippen LogP contribution is 2.50. The topological polar surface area (TPSA) is 135 Å². The third kappa shape index (κ3) is 14.2. The summed E-state index contributed by atoms with van der Waals surface area (Å²) in [6.07, 6.45) is -3.88. The van der Waals surface area contributed by atoms with E-state index in [-0.39, 0.29) is 46.2 Å². The van der Waals surface area contributed by atoms with Gasteiger partial charge in [-0.2, -0.15) is 0 Å². The van der Waals surface area contributed by atoms with E-state index < -0.39 is 38.5 Å². The van der Waals surface area contributed by atoms with Gasteiger partial charge in [-0.05, 0) is 33.4 Å². The molecule has 0 amide bonds. The van der Waals surface area contributed by atoms with Gasteiger partial charge in [0.1, 0.15) is 24.4 Å². The maximum atomic E-state index is 13.7. The summed E-state index contributed by atoms with van der Waals surface area (Å²) in [6, 6.07) is 46.8. The third-order valence-corrected chi connectivity index (χ3v) is 11.0. The first kappa shape index (κ1) is 45.4. The van der Waals surface area contributed by atoms with Crippen LogP contribution >= 0.6 is 7.82 Å². The van der Waals surface area contributed by atoms with Crippen molar-refractivity contribution in [1.82, 2.24) is 0 Å². The summed E-state index contributed by atoms with van der Waals surface area (Å²) in [5.41, 5.74) is 10.7. The van der Waals surface area contributed by atoms with Gasteiger partial charge >= 0.3 is 7.82 Å². The average molecular weight is 842 g/mol. The Balaban J connectivity index is 1.32. The fraction of sp³-hybridized carbons (Fsp3) is 0.362. The Morgan fingerprint density at radius 1 is 0.500 bits per heavy atom. The molecule has 2 unspecified atom stereocenters.